The van der Waals surface area contributed by atoms with Crippen molar-refractivity contribution in [1.29, 1.82) is 0 Å². The highest BCUT2D eigenvalue weighted by molar-refractivity contribution is 6.34. The topological polar surface area (TPSA) is 56.2 Å². The summed E-state index contributed by atoms with van der Waals surface area (Å²) in [6, 6.07) is 12.9. The van der Waals surface area contributed by atoms with Crippen molar-refractivity contribution < 1.29 is 9.53 Å². The van der Waals surface area contributed by atoms with E-state index < -0.39 is 0 Å². The van der Waals surface area contributed by atoms with Crippen molar-refractivity contribution in [3.8, 4) is 11.4 Å². The Kier molecular flexibility index (Phi) is 5.73. The molecule has 3 rings (SSSR count). The minimum atomic E-state index is -0.305. The van der Waals surface area contributed by atoms with Crippen molar-refractivity contribution in [2.24, 2.45) is 0 Å². The molecule has 0 saturated heterocycles. The van der Waals surface area contributed by atoms with E-state index in [9.17, 15) is 4.79 Å². The molecule has 0 fully saturated rings. The minimum absolute atomic E-state index is 0.186. The average molecular weight is 404 g/mol. The van der Waals surface area contributed by atoms with Gasteiger partial charge in [-0.1, -0.05) is 40.9 Å². The molecule has 27 heavy (non-hydrogen) atoms. The highest BCUT2D eigenvalue weighted by Gasteiger charge is 2.16. The molecular weight excluding hydrogens is 385 g/mol. The third-order valence-electron chi connectivity index (χ3n) is 4.09. The smallest absolute Gasteiger partial charge is 0.262 e. The lowest BCUT2D eigenvalue weighted by atomic mass is 10.2. The van der Waals surface area contributed by atoms with Gasteiger partial charge in [0, 0.05) is 11.1 Å². The number of ether oxygens (including phenoxy) is 1. The fourth-order valence-corrected chi connectivity index (χ4v) is 3.00. The molecule has 1 N–H and O–H groups in total. The Morgan fingerprint density at radius 2 is 1.81 bits per heavy atom. The second kappa shape index (κ2) is 8.03. The van der Waals surface area contributed by atoms with E-state index >= 15 is 0 Å². The van der Waals surface area contributed by atoms with Gasteiger partial charge in [0.2, 0.25) is 0 Å². The largest absolute Gasteiger partial charge is 0.482 e. The molecule has 1 heterocycles. The summed E-state index contributed by atoms with van der Waals surface area (Å²) >= 11 is 12.0. The van der Waals surface area contributed by atoms with Crippen molar-refractivity contribution in [1.82, 2.24) is 9.78 Å². The number of carbonyl (C=O) groups excluding carboxylic acids is 1. The number of anilines is 1. The van der Waals surface area contributed by atoms with Gasteiger partial charge in [-0.3, -0.25) is 4.79 Å². The maximum absolute atomic E-state index is 12.3. The molecule has 0 bridgehead atoms. The van der Waals surface area contributed by atoms with E-state index in [1.165, 1.54) is 5.56 Å². The number of rotatable bonds is 5. The van der Waals surface area contributed by atoms with Gasteiger partial charge in [-0.2, -0.15) is 5.10 Å². The Hall–Kier alpha value is -2.50. The molecule has 2 aromatic carbocycles. The maximum Gasteiger partial charge on any atom is 0.262 e. The molecule has 1 amide bonds. The van der Waals surface area contributed by atoms with E-state index in [0.29, 0.717) is 21.5 Å². The lowest BCUT2D eigenvalue weighted by Crippen LogP contribution is -2.21. The van der Waals surface area contributed by atoms with Gasteiger partial charge in [-0.25, -0.2) is 4.68 Å². The first-order valence-electron chi connectivity index (χ1n) is 8.36. The molecule has 1 aromatic heterocycles. The van der Waals surface area contributed by atoms with Gasteiger partial charge in [0.1, 0.15) is 5.75 Å². The Bertz CT molecular complexity index is 982. The van der Waals surface area contributed by atoms with Crippen LogP contribution in [-0.2, 0) is 4.79 Å². The van der Waals surface area contributed by atoms with E-state index in [1.807, 2.05) is 45.0 Å². The minimum Gasteiger partial charge on any atom is -0.482 e. The number of benzene rings is 2. The van der Waals surface area contributed by atoms with Crippen LogP contribution in [0.15, 0.2) is 42.5 Å². The maximum atomic E-state index is 12.3. The molecular formula is C20H19Cl2N3O2. The molecule has 7 heteroatoms. The predicted molar refractivity (Wildman–Crippen MR) is 108 cm³/mol. The number of hydrogen-bond donors (Lipinski definition) is 1. The second-order valence-electron chi connectivity index (χ2n) is 6.20. The summed E-state index contributed by atoms with van der Waals surface area (Å²) in [7, 11) is 0. The lowest BCUT2D eigenvalue weighted by Gasteiger charge is -2.10. The summed E-state index contributed by atoms with van der Waals surface area (Å²) in [4.78, 5) is 12.3. The van der Waals surface area contributed by atoms with E-state index in [1.54, 1.807) is 22.9 Å². The molecule has 5 nitrogen and oxygen atoms in total. The molecule has 0 aliphatic rings. The molecule has 3 aromatic rings. The summed E-state index contributed by atoms with van der Waals surface area (Å²) in [6.45, 7) is 5.60. The molecule has 0 radical (unpaired) electrons. The Labute approximate surface area is 167 Å². The summed E-state index contributed by atoms with van der Waals surface area (Å²) in [5.41, 5.74) is 4.34. The van der Waals surface area contributed by atoms with Crippen LogP contribution in [0.3, 0.4) is 0 Å². The van der Waals surface area contributed by atoms with E-state index in [4.69, 9.17) is 27.9 Å². The third-order valence-corrected chi connectivity index (χ3v) is 4.63. The van der Waals surface area contributed by atoms with Gasteiger partial charge in [-0.05, 0) is 45.0 Å². The first-order chi connectivity index (χ1) is 12.8. The zero-order chi connectivity index (χ0) is 19.6. The summed E-state index contributed by atoms with van der Waals surface area (Å²) in [5, 5.41) is 8.27. The monoisotopic (exact) mass is 403 g/mol. The van der Waals surface area contributed by atoms with Gasteiger partial charge in [-0.15, -0.1) is 0 Å². The summed E-state index contributed by atoms with van der Waals surface area (Å²) < 4.78 is 7.28. The van der Waals surface area contributed by atoms with Crippen LogP contribution in [-0.4, -0.2) is 22.3 Å². The lowest BCUT2D eigenvalue weighted by molar-refractivity contribution is -0.118. The number of aryl methyl sites for hydroxylation is 2. The number of hydrogen-bond acceptors (Lipinski definition) is 3. The van der Waals surface area contributed by atoms with Gasteiger partial charge in [0.05, 0.1) is 27.8 Å². The first-order valence-corrected chi connectivity index (χ1v) is 9.11. The van der Waals surface area contributed by atoms with Crippen molar-refractivity contribution in [2.75, 3.05) is 11.9 Å². The Morgan fingerprint density at radius 3 is 2.52 bits per heavy atom. The van der Waals surface area contributed by atoms with Crippen LogP contribution >= 0.6 is 23.2 Å². The normalized spacial score (nSPS) is 10.7. The Morgan fingerprint density at radius 1 is 1.11 bits per heavy atom. The Balaban J connectivity index is 1.72. The number of nitrogens with one attached hydrogen (secondary N) is 1. The predicted octanol–water partition coefficient (Wildman–Crippen LogP) is 5.12. The van der Waals surface area contributed by atoms with Gasteiger partial charge < -0.3 is 10.1 Å². The number of aromatic nitrogens is 2. The molecule has 0 atom stereocenters. The molecule has 0 spiro atoms. The van der Waals surface area contributed by atoms with Crippen LogP contribution in [0.25, 0.3) is 5.69 Å². The molecule has 0 unspecified atom stereocenters. The zero-order valence-corrected chi connectivity index (χ0v) is 16.7. The fraction of sp³-hybridized carbons (Fsp3) is 0.200. The summed E-state index contributed by atoms with van der Waals surface area (Å²) in [6.07, 6.45) is 0. The van der Waals surface area contributed by atoms with Crippen LogP contribution in [0.2, 0.25) is 10.0 Å². The SMILES string of the molecule is Cc1ccc(-n2nc(C)c(NC(=O)COc3cc(Cl)ccc3Cl)c2C)cc1. The molecule has 0 aliphatic carbocycles. The third kappa shape index (κ3) is 4.43. The standard InChI is InChI=1S/C20H19Cl2N3O2/c1-12-4-7-16(8-5-12)25-14(3)20(13(2)24-25)23-19(26)11-27-18-10-15(21)6-9-17(18)22/h4-10H,11H2,1-3H3,(H,23,26). The van der Waals surface area contributed by atoms with Gasteiger partial charge >= 0.3 is 0 Å². The number of nitrogens with zero attached hydrogens (tertiary/aromatic N) is 2. The number of amides is 1. The number of carbonyl (C=O) groups is 1. The van der Waals surface area contributed by atoms with Crippen LogP contribution in [0, 0.1) is 20.8 Å². The number of halogens is 2. The van der Waals surface area contributed by atoms with Gasteiger partial charge in [0.25, 0.3) is 5.91 Å². The van der Waals surface area contributed by atoms with E-state index in [-0.39, 0.29) is 12.5 Å². The van der Waals surface area contributed by atoms with Crippen molar-refractivity contribution in [2.45, 2.75) is 20.8 Å². The van der Waals surface area contributed by atoms with E-state index in [0.717, 1.165) is 17.1 Å². The fourth-order valence-electron chi connectivity index (χ4n) is 2.67. The average Bonchev–Trinajstić information content (AvgIpc) is 2.91. The molecule has 0 aliphatic heterocycles. The first kappa shape index (κ1) is 19.3. The van der Waals surface area contributed by atoms with E-state index in [2.05, 4.69) is 10.4 Å². The quantitative estimate of drug-likeness (QED) is 0.642. The van der Waals surface area contributed by atoms with Crippen molar-refractivity contribution in [3.05, 3.63) is 69.5 Å². The summed E-state index contributed by atoms with van der Waals surface area (Å²) in [5.74, 6) is 0.0591. The zero-order valence-electron chi connectivity index (χ0n) is 15.2. The second-order valence-corrected chi connectivity index (χ2v) is 7.05. The van der Waals surface area contributed by atoms with Crippen molar-refractivity contribution in [3.63, 3.8) is 0 Å². The molecule has 140 valence electrons. The molecule has 0 saturated carbocycles. The van der Waals surface area contributed by atoms with Crippen LogP contribution in [0.5, 0.6) is 5.75 Å². The highest BCUT2D eigenvalue weighted by Crippen LogP contribution is 2.28. The van der Waals surface area contributed by atoms with Crippen LogP contribution in [0.1, 0.15) is 17.0 Å². The van der Waals surface area contributed by atoms with Crippen molar-refractivity contribution >= 4 is 34.8 Å². The van der Waals surface area contributed by atoms with Gasteiger partial charge in [0.15, 0.2) is 6.61 Å². The highest BCUT2D eigenvalue weighted by atomic mass is 35.5. The van der Waals surface area contributed by atoms with Crippen LogP contribution < -0.4 is 10.1 Å². The van der Waals surface area contributed by atoms with Crippen LogP contribution in [0.4, 0.5) is 5.69 Å².